The number of ether oxygens (including phenoxy) is 3. The van der Waals surface area contributed by atoms with Crippen LogP contribution in [0.15, 0.2) is 0 Å². The molecule has 1 atom stereocenters. The summed E-state index contributed by atoms with van der Waals surface area (Å²) in [5.74, 6) is -0.0244. The minimum absolute atomic E-state index is 0.0633. The highest BCUT2D eigenvalue weighted by Crippen LogP contribution is 2.16. The van der Waals surface area contributed by atoms with Crippen molar-refractivity contribution in [3.8, 4) is 0 Å². The lowest BCUT2D eigenvalue weighted by Crippen LogP contribution is -2.30. The van der Waals surface area contributed by atoms with Crippen molar-refractivity contribution < 1.29 is 28.6 Å². The second-order valence-electron chi connectivity index (χ2n) is 17.2. The van der Waals surface area contributed by atoms with Crippen molar-refractivity contribution in [2.45, 2.75) is 278 Å². The Balaban J connectivity index is 4.27. The fourth-order valence-corrected chi connectivity index (χ4v) is 7.33. The Labute approximate surface area is 342 Å². The first-order valence-corrected chi connectivity index (χ1v) is 24.4. The van der Waals surface area contributed by atoms with E-state index >= 15 is 0 Å². The molecule has 0 bridgehead atoms. The summed E-state index contributed by atoms with van der Waals surface area (Å²) >= 11 is 0. The Morgan fingerprint density at radius 1 is 0.345 bits per heavy atom. The van der Waals surface area contributed by atoms with Gasteiger partial charge in [0.1, 0.15) is 13.2 Å². The van der Waals surface area contributed by atoms with Crippen molar-refractivity contribution in [3.05, 3.63) is 0 Å². The highest BCUT2D eigenvalue weighted by molar-refractivity contribution is 5.71. The van der Waals surface area contributed by atoms with Gasteiger partial charge in [0.15, 0.2) is 6.10 Å². The first-order chi connectivity index (χ1) is 26.9. The van der Waals surface area contributed by atoms with Crippen LogP contribution in [0.3, 0.4) is 0 Å². The molecule has 0 fully saturated rings. The molecule has 0 N–H and O–H groups in total. The van der Waals surface area contributed by atoms with Gasteiger partial charge in [0.25, 0.3) is 0 Å². The average Bonchev–Trinajstić information content (AvgIpc) is 3.17. The third-order valence-corrected chi connectivity index (χ3v) is 11.0. The van der Waals surface area contributed by atoms with E-state index in [0.29, 0.717) is 19.3 Å². The number of carbonyl (C=O) groups excluding carboxylic acids is 3. The fourth-order valence-electron chi connectivity index (χ4n) is 7.33. The molecule has 0 unspecified atom stereocenters. The first-order valence-electron chi connectivity index (χ1n) is 24.4. The molecule has 0 aliphatic rings. The van der Waals surface area contributed by atoms with Crippen LogP contribution in [0.5, 0.6) is 0 Å². The van der Waals surface area contributed by atoms with Crippen LogP contribution in [0.25, 0.3) is 0 Å². The lowest BCUT2D eigenvalue weighted by atomic mass is 10.0. The van der Waals surface area contributed by atoms with Crippen molar-refractivity contribution in [1.29, 1.82) is 0 Å². The molecule has 0 radical (unpaired) electrons. The Morgan fingerprint density at radius 2 is 0.600 bits per heavy atom. The minimum Gasteiger partial charge on any atom is -0.462 e. The maximum Gasteiger partial charge on any atom is 0.306 e. The number of unbranched alkanes of at least 4 members (excludes halogenated alkanes) is 31. The van der Waals surface area contributed by atoms with Crippen LogP contribution in [0, 0.1) is 5.92 Å². The lowest BCUT2D eigenvalue weighted by Gasteiger charge is -2.18. The summed E-state index contributed by atoms with van der Waals surface area (Å²) in [7, 11) is 0. The monoisotopic (exact) mass is 779 g/mol. The van der Waals surface area contributed by atoms with E-state index in [0.717, 1.165) is 63.7 Å². The molecule has 0 saturated heterocycles. The molecular formula is C49H94O6. The van der Waals surface area contributed by atoms with Gasteiger partial charge in [-0.3, -0.25) is 14.4 Å². The van der Waals surface area contributed by atoms with Crippen LogP contribution in [-0.4, -0.2) is 37.2 Å². The number of hydrogen-bond acceptors (Lipinski definition) is 6. The standard InChI is InChI=1S/C49H94O6/c1-5-7-9-11-13-15-16-17-18-21-25-28-32-36-40-47(50)53-43-46(55-49(52)42-38-34-30-23-14-12-10-8-6-2)44-54-48(51)41-37-33-29-26-22-19-20-24-27-31-35-39-45(3)4/h45-46H,5-44H2,1-4H3/t46-/m1/s1. The molecule has 0 aliphatic heterocycles. The smallest absolute Gasteiger partial charge is 0.306 e. The first kappa shape index (κ1) is 53.4. The molecule has 0 aromatic carbocycles. The van der Waals surface area contributed by atoms with Crippen molar-refractivity contribution in [1.82, 2.24) is 0 Å². The molecule has 0 aromatic rings. The number of esters is 3. The van der Waals surface area contributed by atoms with Gasteiger partial charge >= 0.3 is 17.9 Å². The van der Waals surface area contributed by atoms with E-state index in [1.54, 1.807) is 0 Å². The van der Waals surface area contributed by atoms with Gasteiger partial charge in [0.2, 0.25) is 0 Å². The zero-order chi connectivity index (χ0) is 40.3. The molecule has 0 rings (SSSR count). The Kier molecular flexibility index (Phi) is 42.3. The van der Waals surface area contributed by atoms with Crippen molar-refractivity contribution in [2.75, 3.05) is 13.2 Å². The van der Waals surface area contributed by atoms with Gasteiger partial charge in [-0.1, -0.05) is 233 Å². The number of carbonyl (C=O) groups is 3. The molecule has 6 heteroatoms. The Hall–Kier alpha value is -1.59. The Morgan fingerprint density at radius 3 is 0.891 bits per heavy atom. The molecular weight excluding hydrogens is 685 g/mol. The van der Waals surface area contributed by atoms with Crippen LogP contribution < -0.4 is 0 Å². The predicted molar refractivity (Wildman–Crippen MR) is 233 cm³/mol. The Bertz CT molecular complexity index is 826. The molecule has 6 nitrogen and oxygen atoms in total. The van der Waals surface area contributed by atoms with E-state index in [-0.39, 0.29) is 31.1 Å². The second kappa shape index (κ2) is 43.5. The average molecular weight is 779 g/mol. The quantitative estimate of drug-likeness (QED) is 0.0348. The summed E-state index contributed by atoms with van der Waals surface area (Å²) in [6, 6.07) is 0. The minimum atomic E-state index is -0.759. The predicted octanol–water partition coefficient (Wildman–Crippen LogP) is 15.5. The summed E-state index contributed by atoms with van der Waals surface area (Å²) in [4.78, 5) is 37.8. The normalized spacial score (nSPS) is 11.9. The highest BCUT2D eigenvalue weighted by Gasteiger charge is 2.19. The molecule has 0 aromatic heterocycles. The SMILES string of the molecule is CCCCCCCCCCCCCCCCC(=O)OC[C@H](COC(=O)CCCCCCCCCCCCCC(C)C)OC(=O)CCCCCCCCCCC. The van der Waals surface area contributed by atoms with Crippen molar-refractivity contribution in [3.63, 3.8) is 0 Å². The van der Waals surface area contributed by atoms with E-state index in [9.17, 15) is 14.4 Å². The molecule has 0 heterocycles. The van der Waals surface area contributed by atoms with Gasteiger partial charge in [0, 0.05) is 19.3 Å². The van der Waals surface area contributed by atoms with Crippen LogP contribution in [0.1, 0.15) is 272 Å². The summed E-state index contributed by atoms with van der Waals surface area (Å²) in [6.07, 6.45) is 43.7. The van der Waals surface area contributed by atoms with E-state index in [2.05, 4.69) is 27.7 Å². The van der Waals surface area contributed by atoms with E-state index in [1.165, 1.54) is 167 Å². The summed E-state index contributed by atoms with van der Waals surface area (Å²) in [6.45, 7) is 8.99. The fraction of sp³-hybridized carbons (Fsp3) is 0.939. The van der Waals surface area contributed by atoms with E-state index in [1.807, 2.05) is 0 Å². The van der Waals surface area contributed by atoms with Crippen LogP contribution in [0.2, 0.25) is 0 Å². The third-order valence-electron chi connectivity index (χ3n) is 11.0. The molecule has 0 saturated carbocycles. The molecule has 326 valence electrons. The van der Waals surface area contributed by atoms with E-state index < -0.39 is 6.10 Å². The molecule has 55 heavy (non-hydrogen) atoms. The van der Waals surface area contributed by atoms with Gasteiger partial charge in [-0.15, -0.1) is 0 Å². The molecule has 0 amide bonds. The number of rotatable bonds is 44. The van der Waals surface area contributed by atoms with Gasteiger partial charge < -0.3 is 14.2 Å². The van der Waals surface area contributed by atoms with Crippen molar-refractivity contribution >= 4 is 17.9 Å². The summed E-state index contributed by atoms with van der Waals surface area (Å²) in [5, 5.41) is 0. The summed E-state index contributed by atoms with van der Waals surface area (Å²) < 4.78 is 16.7. The van der Waals surface area contributed by atoms with Crippen LogP contribution >= 0.6 is 0 Å². The van der Waals surface area contributed by atoms with E-state index in [4.69, 9.17) is 14.2 Å². The zero-order valence-corrected chi connectivity index (χ0v) is 37.4. The maximum absolute atomic E-state index is 12.7. The largest absolute Gasteiger partial charge is 0.462 e. The van der Waals surface area contributed by atoms with Gasteiger partial charge in [0.05, 0.1) is 0 Å². The second-order valence-corrected chi connectivity index (χ2v) is 17.2. The number of hydrogen-bond donors (Lipinski definition) is 0. The molecule has 0 spiro atoms. The van der Waals surface area contributed by atoms with Crippen molar-refractivity contribution in [2.24, 2.45) is 5.92 Å². The highest BCUT2D eigenvalue weighted by atomic mass is 16.6. The summed E-state index contributed by atoms with van der Waals surface area (Å²) in [5.41, 5.74) is 0. The zero-order valence-electron chi connectivity index (χ0n) is 37.4. The maximum atomic E-state index is 12.7. The van der Waals surface area contributed by atoms with Crippen LogP contribution in [-0.2, 0) is 28.6 Å². The van der Waals surface area contributed by atoms with Crippen LogP contribution in [0.4, 0.5) is 0 Å². The topological polar surface area (TPSA) is 78.9 Å². The third kappa shape index (κ3) is 43.4. The lowest BCUT2D eigenvalue weighted by molar-refractivity contribution is -0.167. The van der Waals surface area contributed by atoms with Gasteiger partial charge in [-0.2, -0.15) is 0 Å². The molecule has 0 aliphatic carbocycles. The van der Waals surface area contributed by atoms with Gasteiger partial charge in [-0.05, 0) is 25.2 Å². The van der Waals surface area contributed by atoms with Gasteiger partial charge in [-0.25, -0.2) is 0 Å².